The Kier molecular flexibility index (Phi) is 8.20. The predicted molar refractivity (Wildman–Crippen MR) is 120 cm³/mol. The lowest BCUT2D eigenvalue weighted by molar-refractivity contribution is -0.116. The molecule has 1 aliphatic rings. The largest absolute Gasteiger partial charge is 0.494 e. The third kappa shape index (κ3) is 6.56. The standard InChI is InChI=1S/C23H26N2O4S/c1-2-3-11-28-20-9-7-17(8-10-20)15-24-22(26)18-5-4-6-19(14-18)25-23(27)21-16-30-13-12-29-21/h4-10,14,16H,2-3,11-13,15H2,1H3,(H,24,26)(H,25,27). The van der Waals surface area contributed by atoms with Gasteiger partial charge in [0.15, 0.2) is 5.76 Å². The van der Waals surface area contributed by atoms with Gasteiger partial charge in [0, 0.05) is 29.0 Å². The zero-order chi connectivity index (χ0) is 21.2. The number of ether oxygens (including phenoxy) is 2. The molecule has 0 saturated carbocycles. The fourth-order valence-electron chi connectivity index (χ4n) is 2.74. The summed E-state index contributed by atoms with van der Waals surface area (Å²) in [6, 6.07) is 14.5. The Morgan fingerprint density at radius 2 is 1.97 bits per heavy atom. The Labute approximate surface area is 181 Å². The Balaban J connectivity index is 1.52. The fourth-order valence-corrected chi connectivity index (χ4v) is 3.36. The first-order valence-electron chi connectivity index (χ1n) is 10.0. The van der Waals surface area contributed by atoms with Crippen LogP contribution in [0.1, 0.15) is 35.7 Å². The van der Waals surface area contributed by atoms with Gasteiger partial charge in [-0.25, -0.2) is 0 Å². The summed E-state index contributed by atoms with van der Waals surface area (Å²) in [5.74, 6) is 1.43. The quantitative estimate of drug-likeness (QED) is 0.584. The van der Waals surface area contributed by atoms with Crippen LogP contribution in [0.2, 0.25) is 0 Å². The van der Waals surface area contributed by atoms with Gasteiger partial charge in [-0.3, -0.25) is 9.59 Å². The predicted octanol–water partition coefficient (Wildman–Crippen LogP) is 4.34. The lowest BCUT2D eigenvalue weighted by Gasteiger charge is -2.14. The molecule has 1 heterocycles. The van der Waals surface area contributed by atoms with E-state index in [9.17, 15) is 9.59 Å². The van der Waals surface area contributed by atoms with Crippen LogP contribution in [0.25, 0.3) is 0 Å². The van der Waals surface area contributed by atoms with Crippen molar-refractivity contribution < 1.29 is 19.1 Å². The van der Waals surface area contributed by atoms with Gasteiger partial charge in [0.2, 0.25) is 0 Å². The molecule has 2 N–H and O–H groups in total. The van der Waals surface area contributed by atoms with E-state index in [1.807, 2.05) is 24.3 Å². The van der Waals surface area contributed by atoms with Crippen molar-refractivity contribution in [3.8, 4) is 5.75 Å². The summed E-state index contributed by atoms with van der Waals surface area (Å²) in [4.78, 5) is 24.8. The Morgan fingerprint density at radius 3 is 2.70 bits per heavy atom. The first kappa shape index (κ1) is 21.8. The summed E-state index contributed by atoms with van der Waals surface area (Å²) in [5, 5.41) is 7.37. The SMILES string of the molecule is CCCCOc1ccc(CNC(=O)c2cccc(NC(=O)C3=CSCCO3)c2)cc1. The molecule has 2 amide bonds. The average molecular weight is 427 g/mol. The van der Waals surface area contributed by atoms with Gasteiger partial charge in [0.1, 0.15) is 5.75 Å². The highest BCUT2D eigenvalue weighted by atomic mass is 32.2. The average Bonchev–Trinajstić information content (AvgIpc) is 2.79. The zero-order valence-electron chi connectivity index (χ0n) is 17.0. The summed E-state index contributed by atoms with van der Waals surface area (Å²) in [6.45, 7) is 3.75. The van der Waals surface area contributed by atoms with Crippen molar-refractivity contribution in [2.24, 2.45) is 0 Å². The third-order valence-electron chi connectivity index (χ3n) is 4.40. The number of hydrogen-bond donors (Lipinski definition) is 2. The van der Waals surface area contributed by atoms with E-state index in [0.29, 0.717) is 36.8 Å². The van der Waals surface area contributed by atoms with Crippen LogP contribution >= 0.6 is 11.8 Å². The minimum absolute atomic E-state index is 0.210. The monoisotopic (exact) mass is 426 g/mol. The van der Waals surface area contributed by atoms with Gasteiger partial charge in [-0.15, -0.1) is 11.8 Å². The number of hydrogen-bond acceptors (Lipinski definition) is 5. The van der Waals surface area contributed by atoms with Crippen LogP contribution in [0, 0.1) is 0 Å². The second kappa shape index (κ2) is 11.3. The van der Waals surface area contributed by atoms with Crippen molar-refractivity contribution in [1.29, 1.82) is 0 Å². The fraction of sp³-hybridized carbons (Fsp3) is 0.304. The van der Waals surface area contributed by atoms with Crippen LogP contribution in [-0.4, -0.2) is 30.8 Å². The van der Waals surface area contributed by atoms with Crippen LogP contribution in [0.3, 0.4) is 0 Å². The molecule has 6 nitrogen and oxygen atoms in total. The third-order valence-corrected chi connectivity index (χ3v) is 5.18. The maximum Gasteiger partial charge on any atom is 0.291 e. The summed E-state index contributed by atoms with van der Waals surface area (Å²) < 4.78 is 11.0. The molecule has 0 aliphatic carbocycles. The molecule has 0 aromatic heterocycles. The van der Waals surface area contributed by atoms with E-state index in [1.54, 1.807) is 41.4 Å². The summed E-state index contributed by atoms with van der Waals surface area (Å²) in [6.07, 6.45) is 2.13. The van der Waals surface area contributed by atoms with E-state index in [-0.39, 0.29) is 11.8 Å². The first-order chi connectivity index (χ1) is 14.7. The summed E-state index contributed by atoms with van der Waals surface area (Å²) in [5.41, 5.74) is 2.00. The summed E-state index contributed by atoms with van der Waals surface area (Å²) in [7, 11) is 0. The topological polar surface area (TPSA) is 76.7 Å². The molecule has 0 saturated heterocycles. The maximum absolute atomic E-state index is 12.5. The molecule has 0 unspecified atom stereocenters. The van der Waals surface area contributed by atoms with Gasteiger partial charge in [0.05, 0.1) is 13.2 Å². The molecule has 0 spiro atoms. The second-order valence-corrected chi connectivity index (χ2v) is 7.74. The molecule has 1 aliphatic heterocycles. The van der Waals surface area contributed by atoms with Gasteiger partial charge < -0.3 is 20.1 Å². The van der Waals surface area contributed by atoms with E-state index in [4.69, 9.17) is 9.47 Å². The van der Waals surface area contributed by atoms with Crippen molar-refractivity contribution in [1.82, 2.24) is 5.32 Å². The molecular weight excluding hydrogens is 400 g/mol. The molecular formula is C23H26N2O4S. The van der Waals surface area contributed by atoms with Crippen LogP contribution in [-0.2, 0) is 16.1 Å². The highest BCUT2D eigenvalue weighted by Crippen LogP contribution is 2.18. The molecule has 0 bridgehead atoms. The normalized spacial score (nSPS) is 13.0. The maximum atomic E-state index is 12.5. The minimum Gasteiger partial charge on any atom is -0.494 e. The number of anilines is 1. The Hall–Kier alpha value is -2.93. The van der Waals surface area contributed by atoms with Crippen LogP contribution in [0.4, 0.5) is 5.69 Å². The van der Waals surface area contributed by atoms with Gasteiger partial charge in [-0.1, -0.05) is 31.5 Å². The van der Waals surface area contributed by atoms with E-state index in [0.717, 1.165) is 29.9 Å². The van der Waals surface area contributed by atoms with Crippen molar-refractivity contribution in [3.05, 3.63) is 70.8 Å². The Morgan fingerprint density at radius 1 is 1.13 bits per heavy atom. The molecule has 0 fully saturated rings. The molecule has 158 valence electrons. The number of carbonyl (C=O) groups is 2. The lowest BCUT2D eigenvalue weighted by atomic mass is 10.1. The van der Waals surface area contributed by atoms with Gasteiger partial charge in [-0.2, -0.15) is 0 Å². The number of rotatable bonds is 9. The second-order valence-electron chi connectivity index (χ2n) is 6.76. The van der Waals surface area contributed by atoms with E-state index in [2.05, 4.69) is 17.6 Å². The first-order valence-corrected chi connectivity index (χ1v) is 11.1. The van der Waals surface area contributed by atoms with Gasteiger partial charge >= 0.3 is 0 Å². The molecule has 0 radical (unpaired) electrons. The van der Waals surface area contributed by atoms with E-state index >= 15 is 0 Å². The molecule has 3 rings (SSSR count). The number of nitrogens with one attached hydrogen (secondary N) is 2. The van der Waals surface area contributed by atoms with Gasteiger partial charge in [-0.05, 0) is 42.3 Å². The van der Waals surface area contributed by atoms with Crippen molar-refractivity contribution in [2.75, 3.05) is 24.3 Å². The molecule has 7 heteroatoms. The molecule has 0 atom stereocenters. The molecule has 2 aromatic carbocycles. The Bertz CT molecular complexity index is 896. The minimum atomic E-state index is -0.319. The highest BCUT2D eigenvalue weighted by molar-refractivity contribution is 8.02. The van der Waals surface area contributed by atoms with Crippen LogP contribution in [0.15, 0.2) is 59.7 Å². The van der Waals surface area contributed by atoms with E-state index in [1.165, 1.54) is 0 Å². The van der Waals surface area contributed by atoms with Gasteiger partial charge in [0.25, 0.3) is 11.8 Å². The number of unbranched alkanes of at least 4 members (excludes halogenated alkanes) is 1. The van der Waals surface area contributed by atoms with E-state index < -0.39 is 0 Å². The van der Waals surface area contributed by atoms with Crippen molar-refractivity contribution >= 4 is 29.3 Å². The number of thioether (sulfide) groups is 1. The smallest absolute Gasteiger partial charge is 0.291 e. The zero-order valence-corrected chi connectivity index (χ0v) is 17.8. The highest BCUT2D eigenvalue weighted by Gasteiger charge is 2.15. The molecule has 30 heavy (non-hydrogen) atoms. The summed E-state index contributed by atoms with van der Waals surface area (Å²) >= 11 is 1.54. The van der Waals surface area contributed by atoms with Crippen molar-refractivity contribution in [3.63, 3.8) is 0 Å². The number of amides is 2. The number of benzene rings is 2. The van der Waals surface area contributed by atoms with Crippen LogP contribution in [0.5, 0.6) is 5.75 Å². The molecule has 2 aromatic rings. The number of carbonyl (C=O) groups excluding carboxylic acids is 2. The van der Waals surface area contributed by atoms with Crippen LogP contribution < -0.4 is 15.4 Å². The van der Waals surface area contributed by atoms with Crippen molar-refractivity contribution in [2.45, 2.75) is 26.3 Å². The lowest BCUT2D eigenvalue weighted by Crippen LogP contribution is -2.23.